The Balaban J connectivity index is -0.000000293. The number of halogens is 10. The maximum atomic E-state index is 11.4. The lowest BCUT2D eigenvalue weighted by atomic mass is 10.1. The highest BCUT2D eigenvalue weighted by atomic mass is 127. The number of carboxylic acids is 2. The van der Waals surface area contributed by atoms with E-state index in [1.807, 2.05) is 0 Å². The number of nitrogens with zero attached hydrogens (tertiary/aromatic N) is 1. The van der Waals surface area contributed by atoms with E-state index in [9.17, 15) is 46.1 Å². The Labute approximate surface area is 357 Å². The highest BCUT2D eigenvalue weighted by molar-refractivity contribution is 5.75. The number of alkyl halides is 6. The summed E-state index contributed by atoms with van der Waals surface area (Å²) in [6.45, 7) is 0.227. The second kappa shape index (κ2) is 27.4. The Kier molecular flexibility index (Phi) is 29.6. The molecule has 0 heterocycles. The van der Waals surface area contributed by atoms with Gasteiger partial charge in [-0.1, -0.05) is 72.8 Å². The fraction of sp³-hybridized carbons (Fsp3) is 0.270. The second-order valence-electron chi connectivity index (χ2n) is 11.8. The van der Waals surface area contributed by atoms with Gasteiger partial charge in [-0.3, -0.25) is 0 Å². The standard InChI is InChI=1S/2C12H10I.2C4H5F3O3.C4H12N.CH3.ClH.HI/c2*1-3-7-11(8-4-1)13-12-9-5-2-6-10-12;2*1-3(10,2(8)9)4(5,6)7;1-5(2,3)4;;;/h2*1-10H;2*10H,1H3,(H,8,9);1-4H3;1H3;2*1H/q2*+1;;;+1;-1;;/p-4. The van der Waals surface area contributed by atoms with E-state index in [-0.39, 0.29) is 100 Å². The maximum absolute atomic E-state index is 11.4. The monoisotopic (exact) mass is 1130 g/mol. The smallest absolute Gasteiger partial charge is 0.422 e. The minimum absolute atomic E-state index is 0. The first-order valence-electron chi connectivity index (χ1n) is 14.6. The average molecular weight is 1130 g/mol. The van der Waals surface area contributed by atoms with E-state index in [2.05, 4.69) is 150 Å². The predicted octanol–water partition coefficient (Wildman–Crippen LogP) is -7.49. The summed E-state index contributed by atoms with van der Waals surface area (Å²) in [4.78, 5) is 19.2. The number of rotatable bonds is 6. The number of quaternary nitrogens is 1. The van der Waals surface area contributed by atoms with Crippen LogP contribution >= 0.6 is 0 Å². The van der Waals surface area contributed by atoms with Gasteiger partial charge in [-0.25, -0.2) is 0 Å². The average Bonchev–Trinajstić information content (AvgIpc) is 3.02. The van der Waals surface area contributed by atoms with Gasteiger partial charge in [0.05, 0.1) is 40.1 Å². The van der Waals surface area contributed by atoms with Crippen molar-refractivity contribution in [3.05, 3.63) is 143 Å². The summed E-state index contributed by atoms with van der Waals surface area (Å²) in [5, 5.41) is 35.5. The zero-order chi connectivity index (χ0) is 39.5. The van der Waals surface area contributed by atoms with Gasteiger partial charge in [0.15, 0.2) is 25.5 Å². The van der Waals surface area contributed by atoms with Crippen molar-refractivity contribution in [1.82, 2.24) is 0 Å². The molecule has 2 unspecified atom stereocenters. The van der Waals surface area contributed by atoms with Crippen LogP contribution in [0.1, 0.15) is 13.8 Å². The van der Waals surface area contributed by atoms with Crippen molar-refractivity contribution >= 4 is 11.9 Å². The Hall–Kier alpha value is -2.24. The van der Waals surface area contributed by atoms with E-state index in [1.54, 1.807) is 0 Å². The molecule has 304 valence electrons. The van der Waals surface area contributed by atoms with Crippen LogP contribution in [0.4, 0.5) is 26.3 Å². The van der Waals surface area contributed by atoms with Crippen molar-refractivity contribution in [1.29, 1.82) is 0 Å². The highest BCUT2D eigenvalue weighted by Gasteiger charge is 2.52. The van der Waals surface area contributed by atoms with E-state index < -0.39 is 35.5 Å². The summed E-state index contributed by atoms with van der Waals surface area (Å²) in [6, 6.07) is 42.8. The van der Waals surface area contributed by atoms with Gasteiger partial charge in [0.1, 0.15) is 0 Å². The van der Waals surface area contributed by atoms with E-state index in [0.29, 0.717) is 0 Å². The molecule has 0 aliphatic rings. The van der Waals surface area contributed by atoms with Crippen LogP contribution in [0.15, 0.2) is 121 Å². The molecule has 54 heavy (non-hydrogen) atoms. The zero-order valence-electron chi connectivity index (χ0n) is 30.3. The molecule has 0 saturated carbocycles. The van der Waals surface area contributed by atoms with Crippen molar-refractivity contribution in [3.8, 4) is 0 Å². The lowest BCUT2D eigenvalue weighted by Crippen LogP contribution is -3.61. The molecule has 0 amide bonds. The Morgan fingerprint density at radius 2 is 0.667 bits per heavy atom. The van der Waals surface area contributed by atoms with Gasteiger partial charge in [-0.05, 0) is 62.4 Å². The summed E-state index contributed by atoms with van der Waals surface area (Å²) in [7, 11) is 8.50. The third-order valence-electron chi connectivity index (χ3n) is 5.27. The van der Waals surface area contributed by atoms with Crippen molar-refractivity contribution in [3.63, 3.8) is 0 Å². The fourth-order valence-corrected chi connectivity index (χ4v) is 6.93. The van der Waals surface area contributed by atoms with Crippen LogP contribution < -0.4 is 89.0 Å². The molecule has 0 aliphatic carbocycles. The van der Waals surface area contributed by atoms with E-state index in [1.165, 1.54) is 14.3 Å². The van der Waals surface area contributed by atoms with Gasteiger partial charge in [-0.2, -0.15) is 26.3 Å². The summed E-state index contributed by atoms with van der Waals surface area (Å²) in [6.07, 6.45) is -10.4. The molecule has 0 spiro atoms. The van der Waals surface area contributed by atoms with Crippen molar-refractivity contribution < 1.29 is 140 Å². The Morgan fingerprint density at radius 1 is 0.519 bits per heavy atom. The van der Waals surface area contributed by atoms with Crippen LogP contribution in [0.3, 0.4) is 0 Å². The van der Waals surface area contributed by atoms with Gasteiger partial charge >= 0.3 is 54.8 Å². The van der Waals surface area contributed by atoms with Crippen LogP contribution in [-0.4, -0.2) is 78.4 Å². The third kappa shape index (κ3) is 25.8. The number of carbonyl (C=O) groups is 2. The van der Waals surface area contributed by atoms with Crippen LogP contribution in [0.2, 0.25) is 0 Å². The number of hydrogen-bond donors (Lipinski definition) is 2. The normalized spacial score (nSPS) is 12.6. The zero-order valence-corrected chi connectivity index (χ0v) is 37.5. The van der Waals surface area contributed by atoms with E-state index in [0.717, 1.165) is 4.48 Å². The number of aliphatic hydroxyl groups is 2. The lowest BCUT2D eigenvalue weighted by Gasteiger charge is -2.26. The maximum Gasteiger partial charge on any atom is 0.422 e. The van der Waals surface area contributed by atoms with Gasteiger partial charge < -0.3 is 78.3 Å². The SMILES string of the molecule is CC(O)(C(=O)[O-])C(F)(F)F.CC(O)(C(=O)[O-])C(F)(F)F.C[N+](C)(C)C.[CH3-].[Cl-].[I-].c1ccc([I+]c2ccccc2)cc1.c1ccc([I+]c2ccccc2)cc1. The van der Waals surface area contributed by atoms with E-state index in [4.69, 9.17) is 10.2 Å². The molecule has 2 N–H and O–H groups in total. The molecule has 7 nitrogen and oxygen atoms in total. The number of benzene rings is 4. The number of carboxylic acid groups (broad SMARTS) is 2. The second-order valence-corrected chi connectivity index (χ2v) is 17.8. The minimum Gasteiger partial charge on any atom is -1.00 e. The molecule has 0 saturated heterocycles. The number of hydrogen-bond acceptors (Lipinski definition) is 6. The number of carbonyl (C=O) groups excluding carboxylic acids is 2. The topological polar surface area (TPSA) is 121 Å². The van der Waals surface area contributed by atoms with E-state index >= 15 is 0 Å². The first-order valence-corrected chi connectivity index (χ1v) is 18.9. The van der Waals surface area contributed by atoms with Gasteiger partial charge in [0.25, 0.3) is 0 Å². The molecular formula is C37H43ClF6I3NO6-2. The minimum atomic E-state index is -5.19. The largest absolute Gasteiger partial charge is 1.00 e. The van der Waals surface area contributed by atoms with Crippen molar-refractivity contribution in [2.45, 2.75) is 37.4 Å². The summed E-state index contributed by atoms with van der Waals surface area (Å²) >= 11 is 0.0574. The molecule has 4 aromatic rings. The molecule has 2 atom stereocenters. The van der Waals surface area contributed by atoms with Gasteiger partial charge in [0.2, 0.25) is 0 Å². The molecule has 0 aliphatic heterocycles. The van der Waals surface area contributed by atoms with Crippen LogP contribution in [0, 0.1) is 21.7 Å². The molecule has 0 radical (unpaired) electrons. The molecule has 4 aromatic carbocycles. The first-order chi connectivity index (χ1) is 23.3. The van der Waals surface area contributed by atoms with Crippen molar-refractivity contribution in [2.75, 3.05) is 28.2 Å². The molecule has 17 heteroatoms. The lowest BCUT2D eigenvalue weighted by molar-refractivity contribution is -0.849. The van der Waals surface area contributed by atoms with Crippen LogP contribution in [0.25, 0.3) is 0 Å². The van der Waals surface area contributed by atoms with Crippen LogP contribution in [-0.2, 0) is 9.59 Å². The molecule has 4 rings (SSSR count). The molecule has 0 bridgehead atoms. The number of aliphatic carboxylic acids is 2. The van der Waals surface area contributed by atoms with Gasteiger partial charge in [-0.15, -0.1) is 0 Å². The summed E-state index contributed by atoms with van der Waals surface area (Å²) in [5.74, 6) is -5.11. The molecule has 0 fully saturated rings. The van der Waals surface area contributed by atoms with Crippen molar-refractivity contribution in [2.24, 2.45) is 0 Å². The summed E-state index contributed by atoms with van der Waals surface area (Å²) < 4.78 is 75.4. The quantitative estimate of drug-likeness (QED) is 0.0859. The molecular weight excluding hydrogens is 1080 g/mol. The first kappa shape index (κ1) is 58.5. The fourth-order valence-electron chi connectivity index (χ4n) is 2.39. The van der Waals surface area contributed by atoms with Gasteiger partial charge in [0, 0.05) is 0 Å². The predicted molar refractivity (Wildman–Crippen MR) is 174 cm³/mol. The highest BCUT2D eigenvalue weighted by Crippen LogP contribution is 2.29. The summed E-state index contributed by atoms with van der Waals surface area (Å²) in [5.41, 5.74) is -7.51. The Bertz CT molecular complexity index is 1370. The van der Waals surface area contributed by atoms with Crippen LogP contribution in [0.5, 0.6) is 0 Å². The third-order valence-corrected chi connectivity index (χ3v) is 10.6. The Morgan fingerprint density at radius 3 is 0.759 bits per heavy atom. The molecule has 0 aromatic heterocycles.